The summed E-state index contributed by atoms with van der Waals surface area (Å²) in [6.45, 7) is 0. The second kappa shape index (κ2) is 8.19. The van der Waals surface area contributed by atoms with E-state index in [1.54, 1.807) is 0 Å². The van der Waals surface area contributed by atoms with Crippen LogP contribution in [0.5, 0.6) is 0 Å². The van der Waals surface area contributed by atoms with Crippen molar-refractivity contribution in [3.8, 4) is 0 Å². The van der Waals surface area contributed by atoms with Crippen LogP contribution in [0.3, 0.4) is 0 Å². The molecule has 0 aliphatic rings. The molecule has 0 aliphatic heterocycles. The molecule has 0 atom stereocenters. The van der Waals surface area contributed by atoms with Crippen LogP contribution in [-0.2, 0) is 30.2 Å². The molecule has 8 heteroatoms. The fraction of sp³-hybridized carbons (Fsp3) is 0. The van der Waals surface area contributed by atoms with Gasteiger partial charge >= 0.3 is 59.7 Å². The molecule has 0 saturated heterocycles. The van der Waals surface area contributed by atoms with Gasteiger partial charge in [0.1, 0.15) is 0 Å². The van der Waals surface area contributed by atoms with Gasteiger partial charge in [-0.05, 0) is 0 Å². The Kier molecular flexibility index (Phi) is 16.5. The first-order valence-corrected chi connectivity index (χ1v) is 2.69. The molecule has 0 spiro atoms. The van der Waals surface area contributed by atoms with Crippen LogP contribution >= 0.6 is 0 Å². The number of rotatable bonds is 0. The molecule has 0 radical (unpaired) electrons. The summed E-state index contributed by atoms with van der Waals surface area (Å²) in [6.07, 6.45) is 0. The molecule has 0 saturated carbocycles. The van der Waals surface area contributed by atoms with Crippen molar-refractivity contribution in [3.05, 3.63) is 0 Å². The summed E-state index contributed by atoms with van der Waals surface area (Å²) in [7, 11) is -4.67. The summed E-state index contributed by atoms with van der Waals surface area (Å²) in [4.78, 5) is 0. The Labute approximate surface area is 76.7 Å². The predicted octanol–water partition coefficient (Wildman–Crippen LogP) is -1.42. The van der Waals surface area contributed by atoms with Crippen LogP contribution in [0, 0.1) is 0 Å². The van der Waals surface area contributed by atoms with Crippen LogP contribution in [0.4, 0.5) is 0 Å². The van der Waals surface area contributed by atoms with Gasteiger partial charge in [-0.3, -0.25) is 9.11 Å². The fourth-order valence-corrected chi connectivity index (χ4v) is 0. The van der Waals surface area contributed by atoms with Crippen molar-refractivity contribution in [2.75, 3.05) is 0 Å². The maximum atomic E-state index is 8.74. The van der Waals surface area contributed by atoms with Gasteiger partial charge in [0.05, 0.1) is 0 Å². The number of hydrogen-bond donors (Lipinski definition) is 2. The molecule has 0 aromatic heterocycles. The first kappa shape index (κ1) is 16.1. The fourth-order valence-electron chi connectivity index (χ4n) is 0. The van der Waals surface area contributed by atoms with E-state index in [-0.39, 0.29) is 29.6 Å². The Hall–Kier alpha value is 1.19. The third-order valence-electron chi connectivity index (χ3n) is 0. The summed E-state index contributed by atoms with van der Waals surface area (Å²) in [5.41, 5.74) is 0. The summed E-state index contributed by atoms with van der Waals surface area (Å²) in [5, 5.41) is 0. The van der Waals surface area contributed by atoms with Gasteiger partial charge in [0.25, 0.3) is 0 Å². The van der Waals surface area contributed by atoms with Gasteiger partial charge in [0.15, 0.2) is 0 Å². The van der Waals surface area contributed by atoms with Crippen LogP contribution in [0.1, 0.15) is 0 Å². The maximum absolute atomic E-state index is 8.74. The molecule has 0 aromatic rings. The zero-order valence-electron chi connectivity index (χ0n) is 2.88. The average molecular weight is 194 g/mol. The van der Waals surface area contributed by atoms with Crippen LogP contribution in [0.25, 0.3) is 0 Å². The molecular formula is H3FeNaO5S. The topological polar surface area (TPSA) is 91.7 Å². The molecule has 0 unspecified atom stereocenters. The molecule has 0 bridgehead atoms. The predicted molar refractivity (Wildman–Crippen MR) is 22.0 cm³/mol. The second-order valence-electron chi connectivity index (χ2n) is 0.448. The average Bonchev–Trinajstić information content (AvgIpc) is 1.36. The van der Waals surface area contributed by atoms with Gasteiger partial charge in [-0.25, -0.2) is 0 Å². The van der Waals surface area contributed by atoms with E-state index < -0.39 is 10.4 Å². The van der Waals surface area contributed by atoms with Crippen molar-refractivity contribution in [1.29, 1.82) is 0 Å². The first-order chi connectivity index (χ1) is 3.00. The van der Waals surface area contributed by atoms with Gasteiger partial charge in [-0.2, -0.15) is 8.42 Å². The van der Waals surface area contributed by atoms with Gasteiger partial charge in [-0.1, -0.05) is 0 Å². The van der Waals surface area contributed by atoms with Gasteiger partial charge < -0.3 is 0 Å². The van der Waals surface area contributed by atoms with E-state index in [0.29, 0.717) is 0 Å². The van der Waals surface area contributed by atoms with Crippen LogP contribution in [-0.4, -0.2) is 47.1 Å². The quantitative estimate of drug-likeness (QED) is 0.364. The molecule has 0 rings (SSSR count). The van der Waals surface area contributed by atoms with Crippen LogP contribution < -0.4 is 0 Å². The van der Waals surface area contributed by atoms with E-state index in [4.69, 9.17) is 21.4 Å². The number of hydrogen-bond acceptors (Lipinski definition) is 3. The molecule has 0 aromatic carbocycles. The van der Waals surface area contributed by atoms with Crippen molar-refractivity contribution in [2.45, 2.75) is 0 Å². The van der Waals surface area contributed by atoms with E-state index in [1.807, 2.05) is 15.9 Å². The van der Waals surface area contributed by atoms with E-state index in [1.165, 1.54) is 0 Å². The second-order valence-corrected chi connectivity index (χ2v) is 1.34. The molecule has 0 amide bonds. The zero-order valence-corrected chi connectivity index (χ0v) is 4.80. The molecule has 5 nitrogen and oxygen atoms in total. The summed E-state index contributed by atoms with van der Waals surface area (Å²) in [6, 6.07) is 0. The van der Waals surface area contributed by atoms with Crippen molar-refractivity contribution in [2.24, 2.45) is 0 Å². The SMILES string of the molecule is O=S(=O)(O)O.[NaH].[O]=[Fe]. The summed E-state index contributed by atoms with van der Waals surface area (Å²) in [5.74, 6) is 0. The van der Waals surface area contributed by atoms with Crippen molar-refractivity contribution in [1.82, 2.24) is 0 Å². The molecule has 0 fully saturated rings. The minimum atomic E-state index is -4.67. The molecule has 2 N–H and O–H groups in total. The van der Waals surface area contributed by atoms with Gasteiger partial charge in [0.2, 0.25) is 0 Å². The molecule has 8 heavy (non-hydrogen) atoms. The monoisotopic (exact) mass is 194 g/mol. The van der Waals surface area contributed by atoms with Crippen molar-refractivity contribution in [3.63, 3.8) is 0 Å². The zero-order chi connectivity index (χ0) is 6.50. The Morgan fingerprint density at radius 1 is 1.12 bits per heavy atom. The van der Waals surface area contributed by atoms with E-state index in [9.17, 15) is 0 Å². The van der Waals surface area contributed by atoms with Crippen LogP contribution in [0.2, 0.25) is 0 Å². The van der Waals surface area contributed by atoms with E-state index >= 15 is 0 Å². The first-order valence-electron chi connectivity index (χ1n) is 0.843. The summed E-state index contributed by atoms with van der Waals surface area (Å²) >= 11 is 2.00. The van der Waals surface area contributed by atoms with Crippen molar-refractivity contribution < 1.29 is 37.3 Å². The molecule has 0 aliphatic carbocycles. The molecular weight excluding hydrogens is 191 g/mol. The Balaban J connectivity index is -0.0000000750. The standard InChI is InChI=1S/Fe.Na.H2O4S.O.H/c;;1-5(2,3)4;;/h;;(H2,1,2,3,4);;. The molecule has 0 heterocycles. The van der Waals surface area contributed by atoms with E-state index in [2.05, 4.69) is 0 Å². The minimum absolute atomic E-state index is 0. The Morgan fingerprint density at radius 3 is 1.12 bits per heavy atom. The normalized spacial score (nSPS) is 7.88. The van der Waals surface area contributed by atoms with Crippen molar-refractivity contribution >= 4 is 40.0 Å². The Morgan fingerprint density at radius 2 is 1.12 bits per heavy atom. The summed E-state index contributed by atoms with van der Waals surface area (Å²) < 4.78 is 39.6. The van der Waals surface area contributed by atoms with Gasteiger partial charge in [0, 0.05) is 0 Å². The third-order valence-corrected chi connectivity index (χ3v) is 0. The molecule has 48 valence electrons. The van der Waals surface area contributed by atoms with E-state index in [0.717, 1.165) is 0 Å². The van der Waals surface area contributed by atoms with Gasteiger partial charge in [-0.15, -0.1) is 0 Å². The van der Waals surface area contributed by atoms with Crippen LogP contribution in [0.15, 0.2) is 0 Å². The third kappa shape index (κ3) is 195. The Bertz CT molecular complexity index is 106.